The highest BCUT2D eigenvalue weighted by atomic mass is 16.2. The van der Waals surface area contributed by atoms with Crippen LogP contribution in [0.1, 0.15) is 20.3 Å². The number of carbonyl (C=O) groups is 1. The van der Waals surface area contributed by atoms with E-state index in [2.05, 4.69) is 20.4 Å². The molecule has 0 aromatic heterocycles. The van der Waals surface area contributed by atoms with E-state index < -0.39 is 0 Å². The Morgan fingerprint density at radius 1 is 1.50 bits per heavy atom. The summed E-state index contributed by atoms with van der Waals surface area (Å²) in [5, 5.41) is 0. The van der Waals surface area contributed by atoms with Gasteiger partial charge in [0.25, 0.3) is 0 Å². The third kappa shape index (κ3) is 3.07. The van der Waals surface area contributed by atoms with Gasteiger partial charge in [0.15, 0.2) is 0 Å². The maximum absolute atomic E-state index is 11.6. The molecule has 70 valence electrons. The Hall–Kier alpha value is -0.790. The fourth-order valence-electron chi connectivity index (χ4n) is 1.17. The van der Waals surface area contributed by atoms with Crippen molar-refractivity contribution in [1.29, 1.82) is 0 Å². The van der Waals surface area contributed by atoms with E-state index in [1.54, 1.807) is 19.0 Å². The van der Waals surface area contributed by atoms with Crippen molar-refractivity contribution >= 4 is 5.91 Å². The van der Waals surface area contributed by atoms with E-state index in [1.807, 2.05) is 6.08 Å². The van der Waals surface area contributed by atoms with E-state index in [9.17, 15) is 4.79 Å². The lowest BCUT2D eigenvalue weighted by Gasteiger charge is -2.22. The standard InChI is InChI=1S/C10H19NO/c1-6-7-9(8(2)3)10(12)11(4)5/h6,8-9H,1,7H2,2-5H3. The summed E-state index contributed by atoms with van der Waals surface area (Å²) in [5.41, 5.74) is 0. The summed E-state index contributed by atoms with van der Waals surface area (Å²) in [6.45, 7) is 7.78. The molecule has 0 aromatic carbocycles. The zero-order chi connectivity index (χ0) is 9.72. The first-order valence-electron chi connectivity index (χ1n) is 4.32. The second kappa shape index (κ2) is 4.96. The van der Waals surface area contributed by atoms with Crippen molar-refractivity contribution in [2.75, 3.05) is 14.1 Å². The predicted octanol–water partition coefficient (Wildman–Crippen LogP) is 1.92. The molecular weight excluding hydrogens is 150 g/mol. The molecule has 0 bridgehead atoms. The van der Waals surface area contributed by atoms with Crippen molar-refractivity contribution in [3.8, 4) is 0 Å². The summed E-state index contributed by atoms with van der Waals surface area (Å²) >= 11 is 0. The molecule has 1 amide bonds. The maximum Gasteiger partial charge on any atom is 0.225 e. The lowest BCUT2D eigenvalue weighted by atomic mass is 9.91. The van der Waals surface area contributed by atoms with Gasteiger partial charge < -0.3 is 4.90 Å². The van der Waals surface area contributed by atoms with Gasteiger partial charge in [0, 0.05) is 20.0 Å². The van der Waals surface area contributed by atoms with Crippen molar-refractivity contribution in [2.45, 2.75) is 20.3 Å². The van der Waals surface area contributed by atoms with Crippen LogP contribution in [0.25, 0.3) is 0 Å². The third-order valence-corrected chi connectivity index (χ3v) is 1.98. The lowest BCUT2D eigenvalue weighted by molar-refractivity contribution is -0.134. The number of amides is 1. The van der Waals surface area contributed by atoms with Crippen molar-refractivity contribution in [2.24, 2.45) is 11.8 Å². The molecule has 0 spiro atoms. The van der Waals surface area contributed by atoms with E-state index in [1.165, 1.54) is 0 Å². The molecule has 2 nitrogen and oxygen atoms in total. The van der Waals surface area contributed by atoms with Crippen LogP contribution in [0.2, 0.25) is 0 Å². The summed E-state index contributed by atoms with van der Waals surface area (Å²) < 4.78 is 0. The minimum absolute atomic E-state index is 0.0949. The van der Waals surface area contributed by atoms with Crippen LogP contribution in [0.4, 0.5) is 0 Å². The Morgan fingerprint density at radius 3 is 2.25 bits per heavy atom. The van der Waals surface area contributed by atoms with E-state index in [0.717, 1.165) is 6.42 Å². The quantitative estimate of drug-likeness (QED) is 0.589. The molecule has 0 rings (SSSR count). The first kappa shape index (κ1) is 11.2. The minimum atomic E-state index is 0.0949. The van der Waals surface area contributed by atoms with Crippen molar-refractivity contribution in [3.63, 3.8) is 0 Å². The van der Waals surface area contributed by atoms with E-state index in [4.69, 9.17) is 0 Å². The molecule has 1 unspecified atom stereocenters. The first-order chi connectivity index (χ1) is 5.50. The Balaban J connectivity index is 4.29. The molecule has 0 aliphatic rings. The Bertz CT molecular complexity index is 161. The molecule has 12 heavy (non-hydrogen) atoms. The topological polar surface area (TPSA) is 20.3 Å². The minimum Gasteiger partial charge on any atom is -0.349 e. The molecule has 0 N–H and O–H groups in total. The largest absolute Gasteiger partial charge is 0.349 e. The SMILES string of the molecule is C=CCC(C(=O)N(C)C)C(C)C. The molecule has 2 heteroatoms. The molecule has 0 aromatic rings. The molecule has 0 aliphatic heterocycles. The molecule has 0 saturated heterocycles. The molecule has 0 radical (unpaired) electrons. The van der Waals surface area contributed by atoms with Crippen LogP contribution in [0.15, 0.2) is 12.7 Å². The van der Waals surface area contributed by atoms with Gasteiger partial charge in [-0.25, -0.2) is 0 Å². The maximum atomic E-state index is 11.6. The van der Waals surface area contributed by atoms with Gasteiger partial charge in [-0.2, -0.15) is 0 Å². The van der Waals surface area contributed by atoms with Crippen LogP contribution in [0, 0.1) is 11.8 Å². The summed E-state index contributed by atoms with van der Waals surface area (Å²) in [6, 6.07) is 0. The Morgan fingerprint density at radius 2 is 2.00 bits per heavy atom. The monoisotopic (exact) mass is 169 g/mol. The Kier molecular flexibility index (Phi) is 4.64. The van der Waals surface area contributed by atoms with Gasteiger partial charge in [0.1, 0.15) is 0 Å². The zero-order valence-corrected chi connectivity index (χ0v) is 8.50. The number of hydrogen-bond acceptors (Lipinski definition) is 1. The first-order valence-corrected chi connectivity index (χ1v) is 4.32. The highest BCUT2D eigenvalue weighted by Gasteiger charge is 2.21. The summed E-state index contributed by atoms with van der Waals surface area (Å²) in [4.78, 5) is 13.2. The number of carbonyl (C=O) groups excluding carboxylic acids is 1. The molecule has 0 heterocycles. The van der Waals surface area contributed by atoms with E-state index in [-0.39, 0.29) is 11.8 Å². The summed E-state index contributed by atoms with van der Waals surface area (Å²) in [6.07, 6.45) is 2.58. The molecule has 0 saturated carbocycles. The van der Waals surface area contributed by atoms with Crippen LogP contribution < -0.4 is 0 Å². The Labute approximate surface area is 75.3 Å². The van der Waals surface area contributed by atoms with E-state index >= 15 is 0 Å². The highest BCUT2D eigenvalue weighted by Crippen LogP contribution is 2.17. The van der Waals surface area contributed by atoms with Gasteiger partial charge in [-0.3, -0.25) is 4.79 Å². The lowest BCUT2D eigenvalue weighted by Crippen LogP contribution is -2.32. The predicted molar refractivity (Wildman–Crippen MR) is 51.8 cm³/mol. The van der Waals surface area contributed by atoms with Crippen LogP contribution in [0.5, 0.6) is 0 Å². The van der Waals surface area contributed by atoms with Crippen LogP contribution >= 0.6 is 0 Å². The van der Waals surface area contributed by atoms with Gasteiger partial charge >= 0.3 is 0 Å². The average Bonchev–Trinajstić information content (AvgIpc) is 1.98. The van der Waals surface area contributed by atoms with Crippen molar-refractivity contribution in [1.82, 2.24) is 4.90 Å². The third-order valence-electron chi connectivity index (χ3n) is 1.98. The van der Waals surface area contributed by atoms with Gasteiger partial charge in [-0.05, 0) is 12.3 Å². The number of hydrogen-bond donors (Lipinski definition) is 0. The van der Waals surface area contributed by atoms with Crippen LogP contribution in [-0.2, 0) is 4.79 Å². The fourth-order valence-corrected chi connectivity index (χ4v) is 1.17. The number of rotatable bonds is 4. The van der Waals surface area contributed by atoms with Gasteiger partial charge in [-0.1, -0.05) is 19.9 Å². The number of nitrogens with zero attached hydrogens (tertiary/aromatic N) is 1. The number of allylic oxidation sites excluding steroid dienone is 1. The van der Waals surface area contributed by atoms with Crippen LogP contribution in [0.3, 0.4) is 0 Å². The average molecular weight is 169 g/mol. The molecule has 1 atom stereocenters. The van der Waals surface area contributed by atoms with Gasteiger partial charge in [0.2, 0.25) is 5.91 Å². The zero-order valence-electron chi connectivity index (χ0n) is 8.50. The van der Waals surface area contributed by atoms with Crippen molar-refractivity contribution < 1.29 is 4.79 Å². The molecular formula is C10H19NO. The van der Waals surface area contributed by atoms with Crippen LogP contribution in [-0.4, -0.2) is 24.9 Å². The normalized spacial score (nSPS) is 12.8. The van der Waals surface area contributed by atoms with Gasteiger partial charge in [-0.15, -0.1) is 6.58 Å². The summed E-state index contributed by atoms with van der Waals surface area (Å²) in [5.74, 6) is 0.681. The highest BCUT2D eigenvalue weighted by molar-refractivity contribution is 5.78. The van der Waals surface area contributed by atoms with E-state index in [0.29, 0.717) is 5.92 Å². The second-order valence-corrected chi connectivity index (χ2v) is 3.61. The molecule has 0 fully saturated rings. The summed E-state index contributed by atoms with van der Waals surface area (Å²) in [7, 11) is 3.58. The van der Waals surface area contributed by atoms with Crippen molar-refractivity contribution in [3.05, 3.63) is 12.7 Å². The fraction of sp³-hybridized carbons (Fsp3) is 0.700. The molecule has 0 aliphatic carbocycles. The smallest absolute Gasteiger partial charge is 0.225 e. The second-order valence-electron chi connectivity index (χ2n) is 3.61. The van der Waals surface area contributed by atoms with Gasteiger partial charge in [0.05, 0.1) is 0 Å².